The van der Waals surface area contributed by atoms with Gasteiger partial charge in [-0.3, -0.25) is 4.79 Å². The summed E-state index contributed by atoms with van der Waals surface area (Å²) in [5.74, 6) is 0.877. The lowest BCUT2D eigenvalue weighted by Crippen LogP contribution is -2.45. The van der Waals surface area contributed by atoms with Crippen LogP contribution in [0, 0.1) is 5.92 Å². The van der Waals surface area contributed by atoms with E-state index in [1.165, 1.54) is 0 Å². The minimum absolute atomic E-state index is 0.0900. The van der Waals surface area contributed by atoms with E-state index in [1.54, 1.807) is 12.1 Å². The van der Waals surface area contributed by atoms with Crippen molar-refractivity contribution in [1.82, 2.24) is 20.4 Å². The molecule has 21 heavy (non-hydrogen) atoms. The van der Waals surface area contributed by atoms with Gasteiger partial charge in [-0.05, 0) is 38.6 Å². The molecular weight excluding hydrogens is 266 g/mol. The van der Waals surface area contributed by atoms with Crippen LogP contribution in [0.3, 0.4) is 0 Å². The van der Waals surface area contributed by atoms with Crippen molar-refractivity contribution in [2.75, 3.05) is 32.5 Å². The van der Waals surface area contributed by atoms with Crippen molar-refractivity contribution in [3.05, 3.63) is 17.8 Å². The van der Waals surface area contributed by atoms with E-state index in [0.29, 0.717) is 17.4 Å². The molecule has 0 radical (unpaired) electrons. The molecular formula is C15H27N5O. The highest BCUT2D eigenvalue weighted by Crippen LogP contribution is 2.06. The molecule has 0 saturated carbocycles. The predicted molar refractivity (Wildman–Crippen MR) is 85.5 cm³/mol. The number of rotatable bonds is 8. The highest BCUT2D eigenvalue weighted by atomic mass is 16.2. The Balaban J connectivity index is 2.65. The van der Waals surface area contributed by atoms with Gasteiger partial charge in [0.1, 0.15) is 5.82 Å². The van der Waals surface area contributed by atoms with Gasteiger partial charge in [0.2, 0.25) is 0 Å². The smallest absolute Gasteiger partial charge is 0.272 e. The molecule has 0 aliphatic heterocycles. The molecule has 0 aromatic carbocycles. The number of aromatic nitrogens is 2. The maximum atomic E-state index is 12.2. The lowest BCUT2D eigenvalue weighted by molar-refractivity contribution is 0.0910. The minimum atomic E-state index is -0.176. The van der Waals surface area contributed by atoms with Gasteiger partial charge in [0.15, 0.2) is 5.69 Å². The van der Waals surface area contributed by atoms with E-state index in [2.05, 4.69) is 46.5 Å². The Bertz CT molecular complexity index is 430. The zero-order chi connectivity index (χ0) is 15.8. The average Bonchev–Trinajstić information content (AvgIpc) is 2.44. The molecule has 1 rings (SSSR count). The number of likely N-dealkylation sites (N-methyl/N-ethyl adjacent to an activating group) is 1. The summed E-state index contributed by atoms with van der Waals surface area (Å²) in [5, 5.41) is 14.2. The largest absolute Gasteiger partial charge is 0.369 e. The number of hydrogen-bond acceptors (Lipinski definition) is 5. The lowest BCUT2D eigenvalue weighted by atomic mass is 10.0. The zero-order valence-corrected chi connectivity index (χ0v) is 13.7. The second kappa shape index (κ2) is 8.56. The van der Waals surface area contributed by atoms with Gasteiger partial charge in [0.25, 0.3) is 5.91 Å². The predicted octanol–water partition coefficient (Wildman–Crippen LogP) is 1.61. The monoisotopic (exact) mass is 293 g/mol. The van der Waals surface area contributed by atoms with E-state index >= 15 is 0 Å². The number of nitrogens with one attached hydrogen (secondary N) is 2. The van der Waals surface area contributed by atoms with Crippen LogP contribution in [0.5, 0.6) is 0 Å². The highest BCUT2D eigenvalue weighted by Gasteiger charge is 2.18. The van der Waals surface area contributed by atoms with E-state index < -0.39 is 0 Å². The van der Waals surface area contributed by atoms with Crippen molar-refractivity contribution in [2.24, 2.45) is 5.92 Å². The number of carbonyl (C=O) groups is 1. The molecule has 1 aromatic rings. The fourth-order valence-electron chi connectivity index (χ4n) is 1.86. The van der Waals surface area contributed by atoms with E-state index in [0.717, 1.165) is 19.5 Å². The standard InChI is InChI=1S/C15H27N5O/c1-6-9-16-14-8-7-12(18-19-14)15(21)17-13(11(2)3)10-20(4)5/h7-8,11,13H,6,9-10H2,1-5H3,(H,16,19)(H,17,21). The topological polar surface area (TPSA) is 70.2 Å². The Morgan fingerprint density at radius 3 is 2.48 bits per heavy atom. The van der Waals surface area contributed by atoms with Crippen molar-refractivity contribution < 1.29 is 4.79 Å². The SMILES string of the molecule is CCCNc1ccc(C(=O)NC(CN(C)C)C(C)C)nn1. The van der Waals surface area contributed by atoms with Crippen LogP contribution in [0.2, 0.25) is 0 Å². The van der Waals surface area contributed by atoms with Crippen LogP contribution in [-0.2, 0) is 0 Å². The molecule has 1 heterocycles. The second-order valence-electron chi connectivity index (χ2n) is 5.82. The lowest BCUT2D eigenvalue weighted by Gasteiger charge is -2.25. The summed E-state index contributed by atoms with van der Waals surface area (Å²) in [7, 11) is 3.99. The number of anilines is 1. The van der Waals surface area contributed by atoms with Crippen LogP contribution in [0.15, 0.2) is 12.1 Å². The molecule has 0 aliphatic rings. The van der Waals surface area contributed by atoms with E-state index in [-0.39, 0.29) is 11.9 Å². The van der Waals surface area contributed by atoms with Gasteiger partial charge in [-0.1, -0.05) is 20.8 Å². The summed E-state index contributed by atoms with van der Waals surface area (Å²) >= 11 is 0. The molecule has 1 aromatic heterocycles. The number of amides is 1. The van der Waals surface area contributed by atoms with Crippen LogP contribution in [0.1, 0.15) is 37.7 Å². The van der Waals surface area contributed by atoms with Gasteiger partial charge in [-0.25, -0.2) is 0 Å². The number of nitrogens with zero attached hydrogens (tertiary/aromatic N) is 3. The van der Waals surface area contributed by atoms with Crippen molar-refractivity contribution in [3.63, 3.8) is 0 Å². The van der Waals surface area contributed by atoms with Crippen LogP contribution in [0.25, 0.3) is 0 Å². The van der Waals surface area contributed by atoms with Crippen LogP contribution >= 0.6 is 0 Å². The van der Waals surface area contributed by atoms with E-state index in [1.807, 2.05) is 14.1 Å². The third-order valence-corrected chi connectivity index (χ3v) is 3.14. The Kier molecular flexibility index (Phi) is 7.08. The molecule has 6 nitrogen and oxygen atoms in total. The van der Waals surface area contributed by atoms with Gasteiger partial charge in [-0.2, -0.15) is 0 Å². The molecule has 1 amide bonds. The summed E-state index contributed by atoms with van der Waals surface area (Å²) in [5.41, 5.74) is 0.349. The molecule has 6 heteroatoms. The van der Waals surface area contributed by atoms with Crippen LogP contribution < -0.4 is 10.6 Å². The number of hydrogen-bond donors (Lipinski definition) is 2. The first kappa shape index (κ1) is 17.4. The summed E-state index contributed by atoms with van der Waals surface area (Å²) in [6.45, 7) is 7.92. The average molecular weight is 293 g/mol. The van der Waals surface area contributed by atoms with Gasteiger partial charge in [-0.15, -0.1) is 10.2 Å². The van der Waals surface area contributed by atoms with Gasteiger partial charge < -0.3 is 15.5 Å². The molecule has 0 aliphatic carbocycles. The zero-order valence-electron chi connectivity index (χ0n) is 13.7. The molecule has 1 atom stereocenters. The van der Waals surface area contributed by atoms with Crippen molar-refractivity contribution in [3.8, 4) is 0 Å². The normalized spacial score (nSPS) is 12.5. The third kappa shape index (κ3) is 6.08. The fraction of sp³-hybridized carbons (Fsp3) is 0.667. The minimum Gasteiger partial charge on any atom is -0.369 e. The van der Waals surface area contributed by atoms with E-state index in [9.17, 15) is 4.79 Å². The molecule has 0 spiro atoms. The van der Waals surface area contributed by atoms with Gasteiger partial charge >= 0.3 is 0 Å². The molecule has 118 valence electrons. The maximum Gasteiger partial charge on any atom is 0.272 e. The quantitative estimate of drug-likeness (QED) is 0.762. The summed E-state index contributed by atoms with van der Waals surface area (Å²) in [6.07, 6.45) is 1.02. The van der Waals surface area contributed by atoms with Crippen LogP contribution in [-0.4, -0.2) is 54.2 Å². The first-order chi connectivity index (χ1) is 9.93. The molecule has 2 N–H and O–H groups in total. The second-order valence-corrected chi connectivity index (χ2v) is 5.82. The first-order valence-electron chi connectivity index (χ1n) is 7.47. The summed E-state index contributed by atoms with van der Waals surface area (Å²) < 4.78 is 0. The first-order valence-corrected chi connectivity index (χ1v) is 7.47. The number of carbonyl (C=O) groups excluding carboxylic acids is 1. The summed E-state index contributed by atoms with van der Waals surface area (Å²) in [4.78, 5) is 14.3. The molecule has 0 saturated heterocycles. The molecule has 1 unspecified atom stereocenters. The maximum absolute atomic E-state index is 12.2. The van der Waals surface area contributed by atoms with Gasteiger partial charge in [0, 0.05) is 19.1 Å². The van der Waals surface area contributed by atoms with Gasteiger partial charge in [0.05, 0.1) is 0 Å². The molecule has 0 fully saturated rings. The van der Waals surface area contributed by atoms with Crippen molar-refractivity contribution in [2.45, 2.75) is 33.2 Å². The fourth-order valence-corrected chi connectivity index (χ4v) is 1.86. The van der Waals surface area contributed by atoms with Crippen molar-refractivity contribution >= 4 is 11.7 Å². The third-order valence-electron chi connectivity index (χ3n) is 3.14. The Morgan fingerprint density at radius 1 is 1.29 bits per heavy atom. The molecule has 0 bridgehead atoms. The van der Waals surface area contributed by atoms with Crippen molar-refractivity contribution in [1.29, 1.82) is 0 Å². The Labute approximate surface area is 127 Å². The highest BCUT2D eigenvalue weighted by molar-refractivity contribution is 5.92. The Hall–Kier alpha value is -1.69. The summed E-state index contributed by atoms with van der Waals surface area (Å²) in [6, 6.07) is 3.58. The van der Waals surface area contributed by atoms with E-state index in [4.69, 9.17) is 0 Å². The Morgan fingerprint density at radius 2 is 2.00 bits per heavy atom. The van der Waals surface area contributed by atoms with Crippen LogP contribution in [0.4, 0.5) is 5.82 Å².